The van der Waals surface area contributed by atoms with Crippen LogP contribution in [-0.4, -0.2) is 4.57 Å². The summed E-state index contributed by atoms with van der Waals surface area (Å²) in [6.45, 7) is 4.77. The first-order valence-electron chi connectivity index (χ1n) is 18.4. The van der Waals surface area contributed by atoms with Crippen molar-refractivity contribution in [3.63, 3.8) is 0 Å². The Kier molecular flexibility index (Phi) is 7.19. The molecule has 2 heteroatoms. The molecule has 53 heavy (non-hydrogen) atoms. The van der Waals surface area contributed by atoms with Crippen molar-refractivity contribution in [2.45, 2.75) is 19.3 Å². The Labute approximate surface area is 310 Å². The largest absolute Gasteiger partial charge is 0.310 e. The third kappa shape index (κ3) is 5.02. The molecule has 1 aromatic heterocycles. The number of benzene rings is 8. The molecule has 1 heterocycles. The zero-order valence-electron chi connectivity index (χ0n) is 29.9. The summed E-state index contributed by atoms with van der Waals surface area (Å²) in [5.74, 6) is 0. The standard InChI is InChI=1S/C51H38N2/c1-51(2)46-33-41(52(39-22-10-5-11-23-39)40-27-26-35-16-12-13-21-38(35)32-40)28-30-43(46)44-31-29-42(34-47(44)51)53-48-25-15-14-24-45(48)49(36-17-6-3-7-18-36)50(53)37-19-8-4-9-20-37/h3-34H,1-2H3. The van der Waals surface area contributed by atoms with E-state index in [9.17, 15) is 0 Å². The van der Waals surface area contributed by atoms with Crippen LogP contribution in [0.1, 0.15) is 25.0 Å². The van der Waals surface area contributed by atoms with Gasteiger partial charge in [0.15, 0.2) is 0 Å². The van der Waals surface area contributed by atoms with E-state index in [1.165, 1.54) is 72.0 Å². The highest BCUT2D eigenvalue weighted by molar-refractivity contribution is 6.06. The van der Waals surface area contributed by atoms with Gasteiger partial charge in [-0.2, -0.15) is 0 Å². The minimum atomic E-state index is -0.222. The lowest BCUT2D eigenvalue weighted by atomic mass is 9.82. The van der Waals surface area contributed by atoms with E-state index in [2.05, 4.69) is 217 Å². The maximum absolute atomic E-state index is 2.48. The van der Waals surface area contributed by atoms with Gasteiger partial charge in [0.2, 0.25) is 0 Å². The SMILES string of the molecule is CC1(C)c2cc(N(c3ccccc3)c3ccc4ccccc4c3)ccc2-c2ccc(-n3c(-c4ccccc4)c(-c4ccccc4)c4ccccc43)cc21. The number of para-hydroxylation sites is 2. The molecule has 8 aromatic carbocycles. The maximum atomic E-state index is 2.48. The molecule has 252 valence electrons. The summed E-state index contributed by atoms with van der Waals surface area (Å²) in [6.07, 6.45) is 0. The lowest BCUT2D eigenvalue weighted by molar-refractivity contribution is 0.660. The number of hydrogen-bond donors (Lipinski definition) is 0. The van der Waals surface area contributed by atoms with Crippen LogP contribution in [0.4, 0.5) is 17.1 Å². The first-order chi connectivity index (χ1) is 26.1. The number of rotatable bonds is 6. The van der Waals surface area contributed by atoms with Crippen LogP contribution in [0.15, 0.2) is 194 Å². The molecule has 1 aliphatic rings. The monoisotopic (exact) mass is 678 g/mol. The van der Waals surface area contributed by atoms with Crippen LogP contribution >= 0.6 is 0 Å². The van der Waals surface area contributed by atoms with Gasteiger partial charge in [0, 0.05) is 39.1 Å². The number of fused-ring (bicyclic) bond motifs is 5. The molecule has 0 saturated carbocycles. The molecule has 9 aromatic rings. The van der Waals surface area contributed by atoms with Gasteiger partial charge < -0.3 is 9.47 Å². The molecule has 0 saturated heterocycles. The van der Waals surface area contributed by atoms with Crippen molar-refractivity contribution < 1.29 is 0 Å². The summed E-state index contributed by atoms with van der Waals surface area (Å²) in [5, 5.41) is 3.72. The fourth-order valence-corrected chi connectivity index (χ4v) is 8.61. The second-order valence-electron chi connectivity index (χ2n) is 14.6. The molecule has 0 fully saturated rings. The minimum Gasteiger partial charge on any atom is -0.310 e. The Morgan fingerprint density at radius 2 is 1.00 bits per heavy atom. The molecule has 0 bridgehead atoms. The lowest BCUT2D eigenvalue weighted by Crippen LogP contribution is -2.17. The summed E-state index contributed by atoms with van der Waals surface area (Å²) < 4.78 is 2.48. The van der Waals surface area contributed by atoms with Crippen LogP contribution < -0.4 is 4.90 Å². The molecule has 0 amide bonds. The molecule has 1 aliphatic carbocycles. The van der Waals surface area contributed by atoms with Crippen LogP contribution in [0, 0.1) is 0 Å². The number of hydrogen-bond acceptors (Lipinski definition) is 1. The van der Waals surface area contributed by atoms with E-state index in [0.717, 1.165) is 17.1 Å². The number of nitrogens with zero attached hydrogens (tertiary/aromatic N) is 2. The smallest absolute Gasteiger partial charge is 0.0619 e. The first-order valence-corrected chi connectivity index (χ1v) is 18.4. The molecular formula is C51H38N2. The van der Waals surface area contributed by atoms with Crippen molar-refractivity contribution in [2.75, 3.05) is 4.90 Å². The highest BCUT2D eigenvalue weighted by Gasteiger charge is 2.37. The Hall–Kier alpha value is -6.64. The van der Waals surface area contributed by atoms with Crippen LogP contribution in [0.3, 0.4) is 0 Å². The average molecular weight is 679 g/mol. The first kappa shape index (κ1) is 31.1. The molecule has 10 rings (SSSR count). The van der Waals surface area contributed by atoms with Gasteiger partial charge in [-0.1, -0.05) is 153 Å². The fraction of sp³-hybridized carbons (Fsp3) is 0.0588. The van der Waals surface area contributed by atoms with E-state index < -0.39 is 0 Å². The zero-order valence-corrected chi connectivity index (χ0v) is 29.9. The molecule has 0 N–H and O–H groups in total. The lowest BCUT2D eigenvalue weighted by Gasteiger charge is -2.28. The van der Waals surface area contributed by atoms with E-state index in [1.807, 2.05) is 0 Å². The van der Waals surface area contributed by atoms with Crippen LogP contribution in [-0.2, 0) is 5.41 Å². The Balaban J connectivity index is 1.14. The molecule has 0 aliphatic heterocycles. The van der Waals surface area contributed by atoms with Gasteiger partial charge in [-0.15, -0.1) is 0 Å². The Morgan fingerprint density at radius 1 is 0.434 bits per heavy atom. The minimum absolute atomic E-state index is 0.222. The number of aromatic nitrogens is 1. The van der Waals surface area contributed by atoms with E-state index in [-0.39, 0.29) is 5.41 Å². The predicted molar refractivity (Wildman–Crippen MR) is 224 cm³/mol. The van der Waals surface area contributed by atoms with Gasteiger partial charge in [0.1, 0.15) is 0 Å². The molecule has 0 radical (unpaired) electrons. The van der Waals surface area contributed by atoms with Gasteiger partial charge in [0.05, 0.1) is 11.2 Å². The molecular weight excluding hydrogens is 641 g/mol. The molecule has 2 nitrogen and oxygen atoms in total. The van der Waals surface area contributed by atoms with Crippen LogP contribution in [0.2, 0.25) is 0 Å². The van der Waals surface area contributed by atoms with Crippen molar-refractivity contribution in [1.29, 1.82) is 0 Å². The fourth-order valence-electron chi connectivity index (χ4n) is 8.61. The van der Waals surface area contributed by atoms with Crippen LogP contribution in [0.5, 0.6) is 0 Å². The molecule has 0 unspecified atom stereocenters. The molecule has 0 spiro atoms. The van der Waals surface area contributed by atoms with E-state index in [4.69, 9.17) is 0 Å². The van der Waals surface area contributed by atoms with E-state index >= 15 is 0 Å². The summed E-state index contributed by atoms with van der Waals surface area (Å²) >= 11 is 0. The maximum Gasteiger partial charge on any atom is 0.0619 e. The van der Waals surface area contributed by atoms with Crippen molar-refractivity contribution in [2.24, 2.45) is 0 Å². The topological polar surface area (TPSA) is 8.17 Å². The second kappa shape index (κ2) is 12.3. The van der Waals surface area contributed by atoms with Gasteiger partial charge >= 0.3 is 0 Å². The highest BCUT2D eigenvalue weighted by atomic mass is 15.1. The quantitative estimate of drug-likeness (QED) is 0.170. The van der Waals surface area contributed by atoms with Crippen molar-refractivity contribution in [3.8, 4) is 39.2 Å². The zero-order chi connectivity index (χ0) is 35.5. The normalized spacial score (nSPS) is 12.9. The summed E-state index contributed by atoms with van der Waals surface area (Å²) in [6, 6.07) is 70.8. The van der Waals surface area contributed by atoms with Gasteiger partial charge in [0.25, 0.3) is 0 Å². The summed E-state index contributed by atoms with van der Waals surface area (Å²) in [7, 11) is 0. The third-order valence-corrected chi connectivity index (χ3v) is 11.1. The predicted octanol–water partition coefficient (Wildman–Crippen LogP) is 13.9. The van der Waals surface area contributed by atoms with E-state index in [1.54, 1.807) is 0 Å². The third-order valence-electron chi connectivity index (χ3n) is 11.1. The van der Waals surface area contributed by atoms with Crippen molar-refractivity contribution >= 4 is 38.7 Å². The Bertz CT molecular complexity index is 2790. The summed E-state index contributed by atoms with van der Waals surface area (Å²) in [5.41, 5.74) is 15.8. The highest BCUT2D eigenvalue weighted by Crippen LogP contribution is 2.52. The molecule has 0 atom stereocenters. The van der Waals surface area contributed by atoms with Crippen molar-refractivity contribution in [1.82, 2.24) is 4.57 Å². The van der Waals surface area contributed by atoms with Gasteiger partial charge in [-0.25, -0.2) is 0 Å². The van der Waals surface area contributed by atoms with Gasteiger partial charge in [-0.05, 0) is 98.8 Å². The average Bonchev–Trinajstić information content (AvgIpc) is 3.67. The van der Waals surface area contributed by atoms with Crippen LogP contribution in [0.25, 0.3) is 60.9 Å². The van der Waals surface area contributed by atoms with Gasteiger partial charge in [-0.3, -0.25) is 0 Å². The second-order valence-corrected chi connectivity index (χ2v) is 14.6. The van der Waals surface area contributed by atoms with Crippen molar-refractivity contribution in [3.05, 3.63) is 205 Å². The number of anilines is 3. The van der Waals surface area contributed by atoms with E-state index in [0.29, 0.717) is 0 Å². The Morgan fingerprint density at radius 3 is 1.75 bits per heavy atom. The summed E-state index contributed by atoms with van der Waals surface area (Å²) in [4.78, 5) is 2.39.